The zero-order chi connectivity index (χ0) is 25.1. The van der Waals surface area contributed by atoms with Crippen molar-refractivity contribution in [1.82, 2.24) is 24.6 Å². The van der Waals surface area contributed by atoms with E-state index in [4.69, 9.17) is 11.5 Å². The molecule has 0 spiro atoms. The smallest absolute Gasteiger partial charge is 0.353 e. The van der Waals surface area contributed by atoms with Crippen LogP contribution in [0, 0.1) is 0 Å². The van der Waals surface area contributed by atoms with E-state index in [1.165, 1.54) is 41.7 Å². The number of nitrogens with zero attached hydrogens (tertiary/aromatic N) is 5. The van der Waals surface area contributed by atoms with E-state index in [1.807, 2.05) is 0 Å². The van der Waals surface area contributed by atoms with Crippen molar-refractivity contribution < 1.29 is 24.7 Å². The van der Waals surface area contributed by atoms with Crippen LogP contribution in [0.15, 0.2) is 43.5 Å². The van der Waals surface area contributed by atoms with Crippen LogP contribution in [0.3, 0.4) is 0 Å². The summed E-state index contributed by atoms with van der Waals surface area (Å²) in [5, 5.41) is 24.6. The highest BCUT2D eigenvalue weighted by Gasteiger charge is 2.54. The second kappa shape index (κ2) is 10.8. The number of nitrogens with two attached hydrogens (primary N) is 2. The molecule has 0 unspecified atom stereocenters. The molecule has 0 aliphatic carbocycles. The van der Waals surface area contributed by atoms with E-state index in [0.717, 1.165) is 28.2 Å². The van der Waals surface area contributed by atoms with Crippen molar-refractivity contribution in [3.63, 3.8) is 0 Å². The maximum absolute atomic E-state index is 12.9. The number of carboxylic acids is 1. The maximum atomic E-state index is 12.9. The van der Waals surface area contributed by atoms with E-state index in [-0.39, 0.29) is 23.0 Å². The van der Waals surface area contributed by atoms with Crippen molar-refractivity contribution in [2.75, 3.05) is 23.8 Å². The molecule has 2 atom stereocenters. The number of oxime groups is 1. The Morgan fingerprint density at radius 2 is 2.14 bits per heavy atom. The molecule has 2 aliphatic heterocycles. The average Bonchev–Trinajstić information content (AvgIpc) is 3.28. The van der Waals surface area contributed by atoms with Gasteiger partial charge in [0.15, 0.2) is 10.1 Å². The maximum Gasteiger partial charge on any atom is 0.353 e. The molecule has 0 radical (unpaired) electrons. The molecule has 2 aromatic rings. The quantitative estimate of drug-likeness (QED) is 0.0925. The first kappa shape index (κ1) is 25.2. The monoisotopic (exact) mass is 554 g/mol. The van der Waals surface area contributed by atoms with E-state index in [1.54, 1.807) is 0 Å². The third-order valence-corrected chi connectivity index (χ3v) is 8.99. The van der Waals surface area contributed by atoms with Gasteiger partial charge in [0.25, 0.3) is 11.8 Å². The Bertz CT molecular complexity index is 1230. The number of pyridine rings is 1. The highest BCUT2D eigenvalue weighted by atomic mass is 32.2. The number of thioether (sulfide) groups is 3. The lowest BCUT2D eigenvalue weighted by atomic mass is 10.0. The zero-order valence-corrected chi connectivity index (χ0v) is 20.9. The number of β-lactam (4-membered cyclic amide) rings is 1. The molecular weight excluding hydrogens is 537 g/mol. The molecule has 184 valence electrons. The van der Waals surface area contributed by atoms with Crippen molar-refractivity contribution in [3.05, 3.63) is 34.5 Å². The molecular formula is C18H18N8O5S4. The van der Waals surface area contributed by atoms with E-state index in [9.17, 15) is 24.7 Å². The molecule has 0 aromatic carbocycles. The van der Waals surface area contributed by atoms with Crippen LogP contribution >= 0.6 is 46.8 Å². The summed E-state index contributed by atoms with van der Waals surface area (Å²) < 4.78 is 4.77. The van der Waals surface area contributed by atoms with Gasteiger partial charge in [0.1, 0.15) is 28.6 Å². The molecule has 1 fully saturated rings. The fourth-order valence-corrected chi connectivity index (χ4v) is 7.27. The molecule has 2 amide bonds. The lowest BCUT2D eigenvalue weighted by Gasteiger charge is -2.49. The van der Waals surface area contributed by atoms with Gasteiger partial charge in [-0.1, -0.05) is 34.7 Å². The van der Waals surface area contributed by atoms with E-state index < -0.39 is 34.9 Å². The van der Waals surface area contributed by atoms with Crippen LogP contribution in [0.1, 0.15) is 5.69 Å². The minimum Gasteiger partial charge on any atom is -0.477 e. The topological polar surface area (TPSA) is 210 Å². The minimum atomic E-state index is -1.26. The van der Waals surface area contributed by atoms with E-state index >= 15 is 0 Å². The molecule has 2 aliphatic rings. The number of nitrogen functional groups attached to an aromatic ring is 1. The summed E-state index contributed by atoms with van der Waals surface area (Å²) in [5.41, 5.74) is 10.5. The Morgan fingerprint density at radius 1 is 1.34 bits per heavy atom. The molecule has 1 saturated heterocycles. The molecule has 17 heteroatoms. The number of rotatable bonds is 9. The van der Waals surface area contributed by atoms with Gasteiger partial charge in [-0.25, -0.2) is 14.8 Å². The van der Waals surface area contributed by atoms with Crippen LogP contribution in [0.5, 0.6) is 0 Å². The summed E-state index contributed by atoms with van der Waals surface area (Å²) >= 11 is 4.98. The summed E-state index contributed by atoms with van der Waals surface area (Å²) in [6, 6.07) is 3.45. The highest BCUT2D eigenvalue weighted by molar-refractivity contribution is 8.07. The number of nitrogens with one attached hydrogen (secondary N) is 1. The van der Waals surface area contributed by atoms with Crippen molar-refractivity contribution in [2.45, 2.75) is 20.9 Å². The van der Waals surface area contributed by atoms with Gasteiger partial charge in [0.05, 0.1) is 0 Å². The molecule has 13 nitrogen and oxygen atoms in total. The van der Waals surface area contributed by atoms with Crippen molar-refractivity contribution in [1.29, 1.82) is 0 Å². The fourth-order valence-electron chi connectivity index (χ4n) is 3.23. The third kappa shape index (κ3) is 5.22. The van der Waals surface area contributed by atoms with E-state index in [0.29, 0.717) is 26.7 Å². The zero-order valence-electron chi connectivity index (χ0n) is 17.7. The fraction of sp³-hybridized carbons (Fsp3) is 0.278. The first-order valence-electron chi connectivity index (χ1n) is 9.85. The van der Waals surface area contributed by atoms with Crippen LogP contribution in [0.4, 0.5) is 5.82 Å². The Hall–Kier alpha value is -2.86. The van der Waals surface area contributed by atoms with Crippen LogP contribution < -0.4 is 16.8 Å². The minimum absolute atomic E-state index is 0.0239. The Labute approximate surface area is 215 Å². The molecule has 2 aromatic heterocycles. The second-order valence-electron chi connectivity index (χ2n) is 6.92. The number of anilines is 1. The van der Waals surface area contributed by atoms with Crippen molar-refractivity contribution in [2.24, 2.45) is 10.9 Å². The number of carboxylic acid groups (broad SMARTS) is 1. The molecule has 7 N–H and O–H groups in total. The van der Waals surface area contributed by atoms with Gasteiger partial charge >= 0.3 is 5.97 Å². The first-order chi connectivity index (χ1) is 16.8. The van der Waals surface area contributed by atoms with Crippen LogP contribution in [0.25, 0.3) is 0 Å². The van der Waals surface area contributed by atoms with Gasteiger partial charge in [0, 0.05) is 23.0 Å². The largest absolute Gasteiger partial charge is 0.477 e. The number of aliphatic carboxylic acids is 1. The summed E-state index contributed by atoms with van der Waals surface area (Å²) in [7, 11) is 0. The van der Waals surface area contributed by atoms with Gasteiger partial charge in [-0.2, -0.15) is 4.37 Å². The highest BCUT2D eigenvalue weighted by Crippen LogP contribution is 2.45. The molecule has 0 saturated carbocycles. The first-order valence-corrected chi connectivity index (χ1v) is 13.5. The Kier molecular flexibility index (Phi) is 7.80. The molecule has 4 heterocycles. The third-order valence-electron chi connectivity index (χ3n) is 4.70. The average molecular weight is 555 g/mol. The number of hydrogen-bond acceptors (Lipinski definition) is 14. The Balaban J connectivity index is 1.49. The number of aromatic nitrogens is 3. The molecule has 35 heavy (non-hydrogen) atoms. The van der Waals surface area contributed by atoms with Gasteiger partial charge in [0.2, 0.25) is 5.16 Å². The predicted octanol–water partition coefficient (Wildman–Crippen LogP) is 0.233. The van der Waals surface area contributed by atoms with Crippen LogP contribution in [0.2, 0.25) is 0 Å². The van der Waals surface area contributed by atoms with Gasteiger partial charge in [-0.3, -0.25) is 14.5 Å². The summed E-state index contributed by atoms with van der Waals surface area (Å²) in [4.78, 5) is 47.5. The lowest BCUT2D eigenvalue weighted by Crippen LogP contribution is -2.71. The molecule has 4 rings (SSSR count). The van der Waals surface area contributed by atoms with Crippen LogP contribution in [-0.4, -0.2) is 82.5 Å². The normalized spacial score (nSPS) is 19.9. The van der Waals surface area contributed by atoms with Gasteiger partial charge < -0.3 is 27.1 Å². The van der Waals surface area contributed by atoms with Gasteiger partial charge in [-0.05, 0) is 23.7 Å². The second-order valence-corrected chi connectivity index (χ2v) is 11.2. The summed E-state index contributed by atoms with van der Waals surface area (Å²) in [6.07, 6.45) is 0. The van der Waals surface area contributed by atoms with E-state index in [2.05, 4.69) is 24.8 Å². The standard InChI is InChI=1S/C18H18N8O5S4/c19-4-5-32-17-23-18(35-25-17)34-8-6-33-15-11(14(28)26(15)12(8)16(29)30)22-13(27)10(24-31)7-2-1-3-9(20)21-7/h1-3,11,15,31H,4-6,19H2,(H2,20,21)(H,22,27)(H,29,30)/b24-10-/t11-,15-/m1/s1. The van der Waals surface area contributed by atoms with Crippen molar-refractivity contribution >= 4 is 76.1 Å². The number of hydrogen-bond donors (Lipinski definition) is 5. The predicted molar refractivity (Wildman–Crippen MR) is 132 cm³/mol. The van der Waals surface area contributed by atoms with Gasteiger partial charge in [-0.15, -0.1) is 11.8 Å². The van der Waals surface area contributed by atoms with Crippen molar-refractivity contribution in [3.8, 4) is 0 Å². The number of carbonyl (C=O) groups is 3. The number of fused-ring (bicyclic) bond motifs is 1. The lowest BCUT2D eigenvalue weighted by molar-refractivity contribution is -0.150. The molecule has 0 bridgehead atoms. The summed E-state index contributed by atoms with van der Waals surface area (Å²) in [5.74, 6) is -1.64. The van der Waals surface area contributed by atoms with Crippen LogP contribution in [-0.2, 0) is 14.4 Å². The SMILES string of the molecule is NCCSc1nsc(SC2=C(C(=O)O)N3C(=O)[C@@H](NC(=O)/C(=N\O)c4cccc(N)n4)[C@H]3SC2)n1. The summed E-state index contributed by atoms with van der Waals surface area (Å²) in [6.45, 7) is 0.481. The number of amides is 2. The Morgan fingerprint density at radius 3 is 2.83 bits per heavy atom. The number of carbonyl (C=O) groups excluding carboxylic acids is 2.